The molecule has 0 atom stereocenters. The van der Waals surface area contributed by atoms with E-state index in [1.165, 1.54) is 0 Å². The molecule has 20 heavy (non-hydrogen) atoms. The number of carbonyl (C=O) groups is 1. The standard InChI is InChI=1S/C14H15BrN2O3/c1-7-5-9(15)8(2)13(20-4)12(7)11-6-10(14(18)19)16-17(11)3/h5-6H,1-4H3,(H,18,19). The maximum Gasteiger partial charge on any atom is 0.356 e. The van der Waals surface area contributed by atoms with Gasteiger partial charge in [-0.25, -0.2) is 4.79 Å². The van der Waals surface area contributed by atoms with Gasteiger partial charge in [0.2, 0.25) is 0 Å². The normalized spacial score (nSPS) is 10.7. The van der Waals surface area contributed by atoms with E-state index in [2.05, 4.69) is 21.0 Å². The molecule has 0 bridgehead atoms. The number of ether oxygens (including phenoxy) is 1. The van der Waals surface area contributed by atoms with Crippen LogP contribution in [-0.4, -0.2) is 28.0 Å². The summed E-state index contributed by atoms with van der Waals surface area (Å²) < 4.78 is 8.01. The van der Waals surface area contributed by atoms with Crippen molar-refractivity contribution in [2.75, 3.05) is 7.11 Å². The van der Waals surface area contributed by atoms with E-state index in [-0.39, 0.29) is 5.69 Å². The molecular weight excluding hydrogens is 324 g/mol. The van der Waals surface area contributed by atoms with Crippen molar-refractivity contribution in [2.45, 2.75) is 13.8 Å². The molecule has 1 aromatic heterocycles. The van der Waals surface area contributed by atoms with Gasteiger partial charge in [0.15, 0.2) is 5.69 Å². The lowest BCUT2D eigenvalue weighted by Crippen LogP contribution is -2.01. The Hall–Kier alpha value is -1.82. The van der Waals surface area contributed by atoms with Gasteiger partial charge in [-0.15, -0.1) is 0 Å². The summed E-state index contributed by atoms with van der Waals surface area (Å²) >= 11 is 3.49. The van der Waals surface area contributed by atoms with Crippen LogP contribution in [0.25, 0.3) is 11.3 Å². The molecule has 2 aromatic rings. The van der Waals surface area contributed by atoms with E-state index in [0.717, 1.165) is 26.9 Å². The van der Waals surface area contributed by atoms with Crippen LogP contribution in [0.2, 0.25) is 0 Å². The Kier molecular flexibility index (Phi) is 3.85. The summed E-state index contributed by atoms with van der Waals surface area (Å²) in [6.45, 7) is 3.90. The average molecular weight is 339 g/mol. The van der Waals surface area contributed by atoms with Crippen LogP contribution in [0.15, 0.2) is 16.6 Å². The zero-order valence-electron chi connectivity index (χ0n) is 11.7. The maximum atomic E-state index is 11.0. The van der Waals surface area contributed by atoms with Crippen molar-refractivity contribution in [3.8, 4) is 17.0 Å². The Morgan fingerprint density at radius 2 is 2.05 bits per heavy atom. The van der Waals surface area contributed by atoms with E-state index < -0.39 is 5.97 Å². The average Bonchev–Trinajstić information content (AvgIpc) is 2.75. The first-order valence-electron chi connectivity index (χ1n) is 5.98. The number of methoxy groups -OCH3 is 1. The molecule has 1 heterocycles. The molecule has 0 aliphatic heterocycles. The molecular formula is C14H15BrN2O3. The molecule has 0 saturated heterocycles. The lowest BCUT2D eigenvalue weighted by atomic mass is 10.0. The fourth-order valence-corrected chi connectivity index (χ4v) is 2.75. The second-order valence-electron chi connectivity index (χ2n) is 4.55. The van der Waals surface area contributed by atoms with Crippen LogP contribution in [0.1, 0.15) is 21.6 Å². The lowest BCUT2D eigenvalue weighted by Gasteiger charge is -2.16. The van der Waals surface area contributed by atoms with Gasteiger partial charge in [-0.1, -0.05) is 15.9 Å². The highest BCUT2D eigenvalue weighted by Gasteiger charge is 2.20. The van der Waals surface area contributed by atoms with E-state index in [1.54, 1.807) is 24.9 Å². The summed E-state index contributed by atoms with van der Waals surface area (Å²) in [4.78, 5) is 11.0. The van der Waals surface area contributed by atoms with E-state index >= 15 is 0 Å². The first kappa shape index (κ1) is 14.6. The zero-order valence-corrected chi connectivity index (χ0v) is 13.3. The van der Waals surface area contributed by atoms with E-state index in [0.29, 0.717) is 5.69 Å². The molecule has 0 saturated carbocycles. The van der Waals surface area contributed by atoms with Gasteiger partial charge in [0.05, 0.1) is 12.8 Å². The number of aromatic nitrogens is 2. The van der Waals surface area contributed by atoms with Crippen LogP contribution >= 0.6 is 15.9 Å². The number of hydrogen-bond acceptors (Lipinski definition) is 3. The van der Waals surface area contributed by atoms with Crippen molar-refractivity contribution in [3.05, 3.63) is 33.4 Å². The molecule has 0 aliphatic rings. The SMILES string of the molecule is COc1c(C)c(Br)cc(C)c1-c1cc(C(=O)O)nn1C. The van der Waals surface area contributed by atoms with Gasteiger partial charge in [0.1, 0.15) is 5.75 Å². The summed E-state index contributed by atoms with van der Waals surface area (Å²) in [5.41, 5.74) is 3.54. The summed E-state index contributed by atoms with van der Waals surface area (Å²) in [6, 6.07) is 3.54. The van der Waals surface area contributed by atoms with Crippen LogP contribution in [0.5, 0.6) is 5.75 Å². The summed E-state index contributed by atoms with van der Waals surface area (Å²) in [5.74, 6) is -0.325. The van der Waals surface area contributed by atoms with Crippen LogP contribution in [-0.2, 0) is 7.05 Å². The fourth-order valence-electron chi connectivity index (χ4n) is 2.22. The van der Waals surface area contributed by atoms with Gasteiger partial charge in [-0.05, 0) is 31.5 Å². The predicted molar refractivity (Wildman–Crippen MR) is 79.3 cm³/mol. The number of halogens is 1. The number of aryl methyl sites for hydroxylation is 2. The third kappa shape index (κ3) is 2.31. The number of carboxylic acids is 1. The molecule has 6 heteroatoms. The lowest BCUT2D eigenvalue weighted by molar-refractivity contribution is 0.0689. The van der Waals surface area contributed by atoms with Crippen LogP contribution in [0.4, 0.5) is 0 Å². The third-order valence-electron chi connectivity index (χ3n) is 3.22. The topological polar surface area (TPSA) is 64.3 Å². The van der Waals surface area contributed by atoms with Crippen molar-refractivity contribution in [3.63, 3.8) is 0 Å². The van der Waals surface area contributed by atoms with Gasteiger partial charge in [0, 0.05) is 22.6 Å². The number of benzene rings is 1. The fraction of sp³-hybridized carbons (Fsp3) is 0.286. The highest BCUT2D eigenvalue weighted by Crippen LogP contribution is 2.39. The molecule has 1 aromatic carbocycles. The maximum absolute atomic E-state index is 11.0. The highest BCUT2D eigenvalue weighted by atomic mass is 79.9. The van der Waals surface area contributed by atoms with Crippen molar-refractivity contribution in [1.29, 1.82) is 0 Å². The molecule has 0 unspecified atom stereocenters. The van der Waals surface area contributed by atoms with Crippen molar-refractivity contribution < 1.29 is 14.6 Å². The van der Waals surface area contributed by atoms with E-state index in [4.69, 9.17) is 9.84 Å². The molecule has 0 spiro atoms. The number of hydrogen-bond donors (Lipinski definition) is 1. The molecule has 0 fully saturated rings. The molecule has 0 radical (unpaired) electrons. The number of carboxylic acid groups (broad SMARTS) is 1. The van der Waals surface area contributed by atoms with Crippen molar-refractivity contribution in [2.24, 2.45) is 7.05 Å². The second-order valence-corrected chi connectivity index (χ2v) is 5.41. The Bertz CT molecular complexity index is 692. The number of aromatic carboxylic acids is 1. The van der Waals surface area contributed by atoms with Gasteiger partial charge >= 0.3 is 5.97 Å². The largest absolute Gasteiger partial charge is 0.496 e. The molecule has 0 amide bonds. The molecule has 5 nitrogen and oxygen atoms in total. The quantitative estimate of drug-likeness (QED) is 0.933. The molecule has 106 valence electrons. The van der Waals surface area contributed by atoms with E-state index in [1.807, 2.05) is 19.9 Å². The van der Waals surface area contributed by atoms with Crippen LogP contribution in [0.3, 0.4) is 0 Å². The minimum absolute atomic E-state index is 0.0181. The minimum Gasteiger partial charge on any atom is -0.496 e. The Balaban J connectivity index is 2.75. The Morgan fingerprint density at radius 3 is 2.55 bits per heavy atom. The molecule has 0 aliphatic carbocycles. The molecule has 1 N–H and O–H groups in total. The Labute approximate surface area is 125 Å². The zero-order chi connectivity index (χ0) is 15.0. The van der Waals surface area contributed by atoms with Crippen LogP contribution in [0, 0.1) is 13.8 Å². The number of rotatable bonds is 3. The Morgan fingerprint density at radius 1 is 1.40 bits per heavy atom. The number of nitrogens with zero attached hydrogens (tertiary/aromatic N) is 2. The van der Waals surface area contributed by atoms with Gasteiger partial charge in [-0.3, -0.25) is 4.68 Å². The summed E-state index contributed by atoms with van der Waals surface area (Å²) in [5, 5.41) is 13.1. The first-order chi connectivity index (χ1) is 9.36. The molecule has 2 rings (SSSR count). The first-order valence-corrected chi connectivity index (χ1v) is 6.77. The van der Waals surface area contributed by atoms with Gasteiger partial charge < -0.3 is 9.84 Å². The monoisotopic (exact) mass is 338 g/mol. The van der Waals surface area contributed by atoms with Crippen LogP contribution < -0.4 is 4.74 Å². The summed E-state index contributed by atoms with van der Waals surface area (Å²) in [6.07, 6.45) is 0. The van der Waals surface area contributed by atoms with Crippen molar-refractivity contribution in [1.82, 2.24) is 9.78 Å². The second kappa shape index (κ2) is 5.28. The smallest absolute Gasteiger partial charge is 0.356 e. The van der Waals surface area contributed by atoms with Gasteiger partial charge in [-0.2, -0.15) is 5.10 Å². The van der Waals surface area contributed by atoms with Gasteiger partial charge in [0.25, 0.3) is 0 Å². The predicted octanol–water partition coefficient (Wildman–Crippen LogP) is 3.17. The summed E-state index contributed by atoms with van der Waals surface area (Å²) in [7, 11) is 3.32. The van der Waals surface area contributed by atoms with E-state index in [9.17, 15) is 4.79 Å². The third-order valence-corrected chi connectivity index (χ3v) is 4.05. The minimum atomic E-state index is -1.04. The highest BCUT2D eigenvalue weighted by molar-refractivity contribution is 9.10. The van der Waals surface area contributed by atoms with Crippen molar-refractivity contribution >= 4 is 21.9 Å².